The lowest BCUT2D eigenvalue weighted by atomic mass is 10.1. The standard InChI is InChI=1S/C16H18N4O3S/c1-3-24(22,23)16-18-14(17)12-8-13(21)20(15(12)19-16)9-11-6-4-10(2)5-7-11/h4-7H,3,8-9H2,1-2H3,(H2,17,18,19). The Morgan fingerprint density at radius 1 is 1.21 bits per heavy atom. The summed E-state index contributed by atoms with van der Waals surface area (Å²) in [5.74, 6) is 0.0430. The van der Waals surface area contributed by atoms with Crippen LogP contribution in [0.25, 0.3) is 0 Å². The van der Waals surface area contributed by atoms with Gasteiger partial charge in [0.1, 0.15) is 11.6 Å². The van der Waals surface area contributed by atoms with Gasteiger partial charge in [-0.25, -0.2) is 18.4 Å². The number of carbonyl (C=O) groups excluding carboxylic acids is 1. The highest BCUT2D eigenvalue weighted by atomic mass is 32.2. The molecule has 126 valence electrons. The van der Waals surface area contributed by atoms with Crippen LogP contribution in [0.3, 0.4) is 0 Å². The van der Waals surface area contributed by atoms with Gasteiger partial charge in [-0.05, 0) is 12.5 Å². The smallest absolute Gasteiger partial charge is 0.251 e. The van der Waals surface area contributed by atoms with Gasteiger partial charge in [0, 0.05) is 5.56 Å². The molecule has 8 heteroatoms. The number of nitrogens with two attached hydrogens (primary N) is 1. The zero-order chi connectivity index (χ0) is 17.5. The van der Waals surface area contributed by atoms with E-state index in [2.05, 4.69) is 9.97 Å². The molecule has 0 bridgehead atoms. The molecule has 0 aliphatic carbocycles. The Hall–Kier alpha value is -2.48. The van der Waals surface area contributed by atoms with E-state index in [9.17, 15) is 13.2 Å². The number of carbonyl (C=O) groups is 1. The van der Waals surface area contributed by atoms with Gasteiger partial charge in [0.05, 0.1) is 18.7 Å². The third-order valence-corrected chi connectivity index (χ3v) is 5.50. The van der Waals surface area contributed by atoms with Gasteiger partial charge in [0.25, 0.3) is 5.16 Å². The summed E-state index contributed by atoms with van der Waals surface area (Å²) in [6.45, 7) is 3.81. The number of hydrogen-bond donors (Lipinski definition) is 1. The van der Waals surface area contributed by atoms with Crippen molar-refractivity contribution in [3.05, 3.63) is 41.0 Å². The van der Waals surface area contributed by atoms with E-state index >= 15 is 0 Å². The molecule has 0 fully saturated rings. The summed E-state index contributed by atoms with van der Waals surface area (Å²) in [4.78, 5) is 21.8. The largest absolute Gasteiger partial charge is 0.383 e. The molecule has 24 heavy (non-hydrogen) atoms. The van der Waals surface area contributed by atoms with E-state index in [-0.39, 0.29) is 29.1 Å². The van der Waals surface area contributed by atoms with E-state index in [0.29, 0.717) is 17.9 Å². The molecule has 2 heterocycles. The van der Waals surface area contributed by atoms with Gasteiger partial charge in [0.2, 0.25) is 15.7 Å². The summed E-state index contributed by atoms with van der Waals surface area (Å²) >= 11 is 0. The molecule has 7 nitrogen and oxygen atoms in total. The summed E-state index contributed by atoms with van der Waals surface area (Å²) in [6, 6.07) is 7.76. The van der Waals surface area contributed by atoms with E-state index in [4.69, 9.17) is 5.73 Å². The zero-order valence-corrected chi connectivity index (χ0v) is 14.3. The minimum atomic E-state index is -3.60. The van der Waals surface area contributed by atoms with Crippen LogP contribution < -0.4 is 10.6 Å². The van der Waals surface area contributed by atoms with Crippen molar-refractivity contribution in [3.8, 4) is 0 Å². The van der Waals surface area contributed by atoms with Crippen LogP contribution in [0.5, 0.6) is 0 Å². The third-order valence-electron chi connectivity index (χ3n) is 4.00. The fraction of sp³-hybridized carbons (Fsp3) is 0.312. The monoisotopic (exact) mass is 346 g/mol. The number of sulfone groups is 1. The number of nitrogen functional groups attached to an aromatic ring is 1. The van der Waals surface area contributed by atoms with Crippen LogP contribution >= 0.6 is 0 Å². The lowest BCUT2D eigenvalue weighted by molar-refractivity contribution is -0.117. The molecule has 0 saturated carbocycles. The lowest BCUT2D eigenvalue weighted by Crippen LogP contribution is -2.27. The SMILES string of the molecule is CCS(=O)(=O)c1nc(N)c2c(n1)N(Cc1ccc(C)cc1)C(=O)C2. The molecule has 1 aliphatic rings. The van der Waals surface area contributed by atoms with Gasteiger partial charge < -0.3 is 5.73 Å². The van der Waals surface area contributed by atoms with Crippen molar-refractivity contribution in [3.63, 3.8) is 0 Å². The van der Waals surface area contributed by atoms with Crippen molar-refractivity contribution in [1.29, 1.82) is 0 Å². The summed E-state index contributed by atoms with van der Waals surface area (Å²) in [5, 5.41) is -0.329. The number of hydrogen-bond acceptors (Lipinski definition) is 6. The molecule has 1 aromatic carbocycles. The number of aryl methyl sites for hydroxylation is 1. The quantitative estimate of drug-likeness (QED) is 0.835. The topological polar surface area (TPSA) is 106 Å². The first kappa shape index (κ1) is 16.4. The molecule has 3 rings (SSSR count). The highest BCUT2D eigenvalue weighted by molar-refractivity contribution is 7.91. The molecular weight excluding hydrogens is 328 g/mol. The maximum Gasteiger partial charge on any atom is 0.251 e. The Morgan fingerprint density at radius 3 is 2.50 bits per heavy atom. The van der Waals surface area contributed by atoms with Gasteiger partial charge in [-0.15, -0.1) is 0 Å². The summed E-state index contributed by atoms with van der Waals surface area (Å²) in [6.07, 6.45) is 0.0828. The highest BCUT2D eigenvalue weighted by Crippen LogP contribution is 2.32. The second kappa shape index (κ2) is 5.86. The van der Waals surface area contributed by atoms with E-state index in [1.807, 2.05) is 31.2 Å². The minimum Gasteiger partial charge on any atom is -0.383 e. The Labute approximate surface area is 140 Å². The zero-order valence-electron chi connectivity index (χ0n) is 13.5. The molecule has 0 saturated heterocycles. The number of benzene rings is 1. The number of fused-ring (bicyclic) bond motifs is 1. The fourth-order valence-corrected chi connectivity index (χ4v) is 3.25. The second-order valence-electron chi connectivity index (χ2n) is 5.74. The molecule has 0 radical (unpaired) electrons. The first-order valence-corrected chi connectivity index (χ1v) is 9.22. The van der Waals surface area contributed by atoms with Gasteiger partial charge in [0.15, 0.2) is 0 Å². The molecule has 0 spiro atoms. The first-order valence-electron chi connectivity index (χ1n) is 7.57. The summed E-state index contributed by atoms with van der Waals surface area (Å²) in [5.41, 5.74) is 8.41. The van der Waals surface area contributed by atoms with Crippen molar-refractivity contribution < 1.29 is 13.2 Å². The van der Waals surface area contributed by atoms with Gasteiger partial charge >= 0.3 is 0 Å². The molecule has 2 aromatic rings. The maximum absolute atomic E-state index is 12.3. The number of rotatable bonds is 4. The van der Waals surface area contributed by atoms with E-state index in [0.717, 1.165) is 11.1 Å². The number of anilines is 2. The Balaban J connectivity index is 2.03. The van der Waals surface area contributed by atoms with Crippen LogP contribution in [0, 0.1) is 6.92 Å². The number of aromatic nitrogens is 2. The molecule has 1 aromatic heterocycles. The Morgan fingerprint density at radius 2 is 1.88 bits per heavy atom. The van der Waals surface area contributed by atoms with Crippen molar-refractivity contribution in [2.75, 3.05) is 16.4 Å². The van der Waals surface area contributed by atoms with E-state index in [1.165, 1.54) is 11.8 Å². The Kier molecular flexibility index (Phi) is 4.00. The highest BCUT2D eigenvalue weighted by Gasteiger charge is 2.33. The third kappa shape index (κ3) is 2.84. The van der Waals surface area contributed by atoms with Crippen LogP contribution in [-0.4, -0.2) is 30.0 Å². The number of nitrogens with zero attached hydrogens (tertiary/aromatic N) is 3. The average Bonchev–Trinajstić information content (AvgIpc) is 2.86. The van der Waals surface area contributed by atoms with Gasteiger partial charge in [-0.2, -0.15) is 0 Å². The van der Waals surface area contributed by atoms with Crippen molar-refractivity contribution >= 4 is 27.4 Å². The van der Waals surface area contributed by atoms with Crippen LogP contribution in [0.4, 0.5) is 11.6 Å². The van der Waals surface area contributed by atoms with E-state index in [1.54, 1.807) is 0 Å². The van der Waals surface area contributed by atoms with Crippen molar-refractivity contribution in [1.82, 2.24) is 9.97 Å². The van der Waals surface area contributed by atoms with Crippen LogP contribution in [0.15, 0.2) is 29.4 Å². The van der Waals surface area contributed by atoms with E-state index < -0.39 is 9.84 Å². The molecular formula is C16H18N4O3S. The fourth-order valence-electron chi connectivity index (χ4n) is 2.53. The summed E-state index contributed by atoms with van der Waals surface area (Å²) < 4.78 is 24.1. The van der Waals surface area contributed by atoms with Crippen LogP contribution in [-0.2, 0) is 27.6 Å². The van der Waals surface area contributed by atoms with Crippen molar-refractivity contribution in [2.24, 2.45) is 0 Å². The predicted octanol–water partition coefficient (Wildman–Crippen LogP) is 1.25. The van der Waals surface area contributed by atoms with Crippen molar-refractivity contribution in [2.45, 2.75) is 32.0 Å². The molecule has 2 N–H and O–H groups in total. The second-order valence-corrected chi connectivity index (χ2v) is 7.91. The predicted molar refractivity (Wildman–Crippen MR) is 90.2 cm³/mol. The Bertz CT molecular complexity index is 908. The first-order chi connectivity index (χ1) is 11.3. The van der Waals surface area contributed by atoms with Gasteiger partial charge in [-0.3, -0.25) is 9.69 Å². The van der Waals surface area contributed by atoms with Crippen LogP contribution in [0.1, 0.15) is 23.6 Å². The minimum absolute atomic E-state index is 0.0479. The maximum atomic E-state index is 12.3. The lowest BCUT2D eigenvalue weighted by Gasteiger charge is -2.17. The molecule has 0 unspecified atom stereocenters. The normalized spacial score (nSPS) is 14.1. The van der Waals surface area contributed by atoms with Gasteiger partial charge in [-0.1, -0.05) is 36.8 Å². The number of amides is 1. The van der Waals surface area contributed by atoms with Crippen LogP contribution in [0.2, 0.25) is 0 Å². The molecule has 1 aliphatic heterocycles. The molecule has 1 amide bonds. The summed E-state index contributed by atoms with van der Waals surface area (Å²) in [7, 11) is -3.60. The molecule has 0 atom stereocenters. The average molecular weight is 346 g/mol.